The Kier molecular flexibility index (Phi) is 4.49. The van der Waals surface area contributed by atoms with Crippen LogP contribution in [0.3, 0.4) is 0 Å². The number of hydrogen-bond donors (Lipinski definition) is 1. The number of nitrogens with one attached hydrogen (secondary N) is 1. The number of hydrogen-bond acceptors (Lipinski definition) is 5. The molecule has 0 saturated carbocycles. The van der Waals surface area contributed by atoms with Crippen molar-refractivity contribution in [3.05, 3.63) is 40.5 Å². The highest BCUT2D eigenvalue weighted by Gasteiger charge is 2.26. The highest BCUT2D eigenvalue weighted by molar-refractivity contribution is 6.05. The van der Waals surface area contributed by atoms with Gasteiger partial charge in [-0.25, -0.2) is 4.79 Å². The molecule has 0 fully saturated rings. The second-order valence-corrected chi connectivity index (χ2v) is 5.50. The Morgan fingerprint density at radius 2 is 1.96 bits per heavy atom. The van der Waals surface area contributed by atoms with Gasteiger partial charge in [0, 0.05) is 24.5 Å². The fourth-order valence-electron chi connectivity index (χ4n) is 2.54. The van der Waals surface area contributed by atoms with E-state index in [9.17, 15) is 14.4 Å². The molecule has 0 saturated heterocycles. The molecule has 2 aromatic heterocycles. The van der Waals surface area contributed by atoms with Gasteiger partial charge in [0.1, 0.15) is 0 Å². The summed E-state index contributed by atoms with van der Waals surface area (Å²) in [5.74, 6) is -1.11. The van der Waals surface area contributed by atoms with Crippen molar-refractivity contribution in [3.63, 3.8) is 0 Å². The first-order valence-corrected chi connectivity index (χ1v) is 7.16. The molecule has 0 aromatic carbocycles. The average Bonchev–Trinajstić information content (AvgIpc) is 3.01. The second-order valence-electron chi connectivity index (χ2n) is 5.50. The number of aryl methyl sites for hydroxylation is 2. The molecule has 0 amide bonds. The summed E-state index contributed by atoms with van der Waals surface area (Å²) in [6.07, 6.45) is 1.91. The van der Waals surface area contributed by atoms with E-state index in [0.717, 1.165) is 0 Å². The fraction of sp³-hybridized carbons (Fsp3) is 0.375. The highest BCUT2D eigenvalue weighted by Crippen LogP contribution is 2.20. The Morgan fingerprint density at radius 3 is 2.43 bits per heavy atom. The summed E-state index contributed by atoms with van der Waals surface area (Å²) in [5.41, 5.74) is 2.27. The SMILES string of the molecule is CC(=O)c1c(C)[nH]c(C(=O)C(C)OC(=O)c2cnn(C)c2)c1C. The first-order chi connectivity index (χ1) is 10.7. The lowest BCUT2D eigenvalue weighted by Crippen LogP contribution is -2.25. The summed E-state index contributed by atoms with van der Waals surface area (Å²) in [4.78, 5) is 39.0. The zero-order valence-corrected chi connectivity index (χ0v) is 13.8. The first-order valence-electron chi connectivity index (χ1n) is 7.16. The maximum absolute atomic E-state index is 12.5. The zero-order chi connectivity index (χ0) is 17.3. The van der Waals surface area contributed by atoms with E-state index in [1.807, 2.05) is 0 Å². The van der Waals surface area contributed by atoms with E-state index in [1.165, 1.54) is 30.9 Å². The van der Waals surface area contributed by atoms with Crippen LogP contribution < -0.4 is 0 Å². The van der Waals surface area contributed by atoms with Crippen molar-refractivity contribution in [1.29, 1.82) is 0 Å². The molecular formula is C16H19N3O4. The third kappa shape index (κ3) is 3.23. The standard InChI is InChI=1S/C16H19N3O4/c1-8-13(10(3)20)9(2)18-14(8)15(21)11(4)23-16(22)12-6-17-19(5)7-12/h6-7,11,18H,1-5H3. The van der Waals surface area contributed by atoms with E-state index in [4.69, 9.17) is 4.74 Å². The zero-order valence-electron chi connectivity index (χ0n) is 13.8. The molecule has 2 aromatic rings. The number of H-pyrrole nitrogens is 1. The molecule has 23 heavy (non-hydrogen) atoms. The molecule has 1 atom stereocenters. The van der Waals surface area contributed by atoms with Gasteiger partial charge in [-0.05, 0) is 33.3 Å². The van der Waals surface area contributed by atoms with Crippen LogP contribution in [0.25, 0.3) is 0 Å². The third-order valence-electron chi connectivity index (χ3n) is 3.63. The van der Waals surface area contributed by atoms with Gasteiger partial charge in [0.15, 0.2) is 11.9 Å². The minimum absolute atomic E-state index is 0.115. The van der Waals surface area contributed by atoms with Crippen LogP contribution >= 0.6 is 0 Å². The molecule has 7 nitrogen and oxygen atoms in total. The van der Waals surface area contributed by atoms with Crippen molar-refractivity contribution >= 4 is 17.5 Å². The quantitative estimate of drug-likeness (QED) is 0.672. The summed E-state index contributed by atoms with van der Waals surface area (Å²) in [6, 6.07) is 0. The van der Waals surface area contributed by atoms with Gasteiger partial charge in [-0.15, -0.1) is 0 Å². The third-order valence-corrected chi connectivity index (χ3v) is 3.63. The molecular weight excluding hydrogens is 298 g/mol. The number of ketones is 2. The minimum Gasteiger partial charge on any atom is -0.451 e. The van der Waals surface area contributed by atoms with Crippen LogP contribution in [-0.4, -0.2) is 38.4 Å². The van der Waals surface area contributed by atoms with E-state index < -0.39 is 12.1 Å². The Hall–Kier alpha value is -2.70. The molecule has 0 aliphatic carbocycles. The normalized spacial score (nSPS) is 12.0. The van der Waals surface area contributed by atoms with Gasteiger partial charge in [-0.3, -0.25) is 14.3 Å². The summed E-state index contributed by atoms with van der Waals surface area (Å²) < 4.78 is 6.66. The Morgan fingerprint density at radius 1 is 1.30 bits per heavy atom. The van der Waals surface area contributed by atoms with Crippen molar-refractivity contribution in [2.75, 3.05) is 0 Å². The Balaban J connectivity index is 2.19. The van der Waals surface area contributed by atoms with Crippen LogP contribution in [-0.2, 0) is 11.8 Å². The maximum atomic E-state index is 12.5. The number of carbonyl (C=O) groups is 3. The van der Waals surface area contributed by atoms with Gasteiger partial charge in [0.05, 0.1) is 17.5 Å². The van der Waals surface area contributed by atoms with Gasteiger partial charge in [-0.1, -0.05) is 0 Å². The summed E-state index contributed by atoms with van der Waals surface area (Å²) >= 11 is 0. The average molecular weight is 317 g/mol. The largest absolute Gasteiger partial charge is 0.451 e. The van der Waals surface area contributed by atoms with Crippen molar-refractivity contribution in [2.45, 2.75) is 33.8 Å². The van der Waals surface area contributed by atoms with Crippen molar-refractivity contribution < 1.29 is 19.1 Å². The number of Topliss-reactive ketones (excluding diaryl/α,β-unsaturated/α-hetero) is 2. The van der Waals surface area contributed by atoms with Crippen LogP contribution in [0.1, 0.15) is 56.3 Å². The molecule has 0 radical (unpaired) electrons. The highest BCUT2D eigenvalue weighted by atomic mass is 16.5. The van der Waals surface area contributed by atoms with Gasteiger partial charge >= 0.3 is 5.97 Å². The fourth-order valence-corrected chi connectivity index (χ4v) is 2.54. The van der Waals surface area contributed by atoms with Gasteiger partial charge in [-0.2, -0.15) is 5.10 Å². The number of carbonyl (C=O) groups excluding carboxylic acids is 3. The molecule has 0 spiro atoms. The molecule has 7 heteroatoms. The molecule has 0 aliphatic heterocycles. The van der Waals surface area contributed by atoms with E-state index in [0.29, 0.717) is 22.5 Å². The van der Waals surface area contributed by atoms with E-state index in [-0.39, 0.29) is 17.1 Å². The topological polar surface area (TPSA) is 94.0 Å². The molecule has 2 heterocycles. The molecule has 122 valence electrons. The van der Waals surface area contributed by atoms with E-state index in [2.05, 4.69) is 10.1 Å². The monoisotopic (exact) mass is 317 g/mol. The van der Waals surface area contributed by atoms with Crippen molar-refractivity contribution in [3.8, 4) is 0 Å². The van der Waals surface area contributed by atoms with Crippen molar-refractivity contribution in [1.82, 2.24) is 14.8 Å². The van der Waals surface area contributed by atoms with Crippen LogP contribution in [0.2, 0.25) is 0 Å². The number of aromatic nitrogens is 3. The van der Waals surface area contributed by atoms with Gasteiger partial charge in [0.25, 0.3) is 0 Å². The maximum Gasteiger partial charge on any atom is 0.342 e. The second kappa shape index (κ2) is 6.20. The molecule has 1 N–H and O–H groups in total. The van der Waals surface area contributed by atoms with Crippen LogP contribution in [0.15, 0.2) is 12.4 Å². The molecule has 1 unspecified atom stereocenters. The number of nitrogens with zero attached hydrogens (tertiary/aromatic N) is 2. The Labute approximate surface area is 133 Å². The predicted molar refractivity (Wildman–Crippen MR) is 82.7 cm³/mol. The predicted octanol–water partition coefficient (Wildman–Crippen LogP) is 2.00. The number of rotatable bonds is 5. The lowest BCUT2D eigenvalue weighted by atomic mass is 10.0. The molecule has 2 rings (SSSR count). The molecule has 0 aliphatic rings. The minimum atomic E-state index is -0.973. The summed E-state index contributed by atoms with van der Waals surface area (Å²) in [6.45, 7) is 6.37. The van der Waals surface area contributed by atoms with Crippen LogP contribution in [0.5, 0.6) is 0 Å². The number of ether oxygens (including phenoxy) is 1. The van der Waals surface area contributed by atoms with E-state index in [1.54, 1.807) is 20.9 Å². The summed E-state index contributed by atoms with van der Waals surface area (Å²) in [7, 11) is 1.68. The first kappa shape index (κ1) is 16.7. The van der Waals surface area contributed by atoms with Gasteiger partial charge in [0.2, 0.25) is 5.78 Å². The van der Waals surface area contributed by atoms with Crippen LogP contribution in [0.4, 0.5) is 0 Å². The number of aromatic amines is 1. The van der Waals surface area contributed by atoms with Crippen molar-refractivity contribution in [2.24, 2.45) is 7.05 Å². The smallest absolute Gasteiger partial charge is 0.342 e. The van der Waals surface area contributed by atoms with Crippen LogP contribution in [0, 0.1) is 13.8 Å². The lowest BCUT2D eigenvalue weighted by molar-refractivity contribution is 0.0317. The van der Waals surface area contributed by atoms with Gasteiger partial charge < -0.3 is 9.72 Å². The molecule has 0 bridgehead atoms. The summed E-state index contributed by atoms with van der Waals surface area (Å²) in [5, 5.41) is 3.88. The number of esters is 1. The van der Waals surface area contributed by atoms with E-state index >= 15 is 0 Å². The Bertz CT molecular complexity index is 785. The lowest BCUT2D eigenvalue weighted by Gasteiger charge is -2.11.